The minimum Gasteiger partial charge on any atom is -0.322 e. The zero-order chi connectivity index (χ0) is 20.1. The highest BCUT2D eigenvalue weighted by molar-refractivity contribution is 6.08. The van der Waals surface area contributed by atoms with Crippen molar-refractivity contribution in [3.05, 3.63) is 88.7 Å². The van der Waals surface area contributed by atoms with Gasteiger partial charge in [0.2, 0.25) is 0 Å². The lowest BCUT2D eigenvalue weighted by Gasteiger charge is -2.13. The SMILES string of the molecule is CCc1cccc(C)c1NC(=O)c1cc(C(=O)Nc2ccc(C)cc2)ccn1. The normalized spacial score (nSPS) is 10.4. The molecule has 2 N–H and O–H groups in total. The highest BCUT2D eigenvalue weighted by Gasteiger charge is 2.14. The van der Waals surface area contributed by atoms with Crippen LogP contribution in [0.25, 0.3) is 0 Å². The lowest BCUT2D eigenvalue weighted by Crippen LogP contribution is -2.18. The molecule has 5 nitrogen and oxygen atoms in total. The number of aromatic nitrogens is 1. The van der Waals surface area contributed by atoms with Crippen molar-refractivity contribution in [1.29, 1.82) is 0 Å². The Bertz CT molecular complexity index is 1010. The summed E-state index contributed by atoms with van der Waals surface area (Å²) in [4.78, 5) is 29.3. The summed E-state index contributed by atoms with van der Waals surface area (Å²) in [6.45, 7) is 5.98. The third kappa shape index (κ3) is 4.43. The van der Waals surface area contributed by atoms with Crippen LogP contribution in [0.3, 0.4) is 0 Å². The van der Waals surface area contributed by atoms with Crippen LogP contribution >= 0.6 is 0 Å². The minimum absolute atomic E-state index is 0.196. The van der Waals surface area contributed by atoms with Gasteiger partial charge in [-0.1, -0.05) is 42.8 Å². The first-order valence-electron chi connectivity index (χ1n) is 9.22. The fourth-order valence-electron chi connectivity index (χ4n) is 2.92. The van der Waals surface area contributed by atoms with E-state index in [1.807, 2.05) is 63.2 Å². The van der Waals surface area contributed by atoms with Crippen molar-refractivity contribution in [2.24, 2.45) is 0 Å². The van der Waals surface area contributed by atoms with Crippen molar-refractivity contribution in [3.8, 4) is 0 Å². The fraction of sp³-hybridized carbons (Fsp3) is 0.174. The Morgan fingerprint density at radius 3 is 2.39 bits per heavy atom. The molecule has 1 aromatic heterocycles. The molecule has 2 aromatic carbocycles. The van der Waals surface area contributed by atoms with Gasteiger partial charge >= 0.3 is 0 Å². The van der Waals surface area contributed by atoms with Gasteiger partial charge in [-0.2, -0.15) is 0 Å². The number of pyridine rings is 1. The number of para-hydroxylation sites is 1. The summed E-state index contributed by atoms with van der Waals surface area (Å²) >= 11 is 0. The van der Waals surface area contributed by atoms with Gasteiger partial charge in [-0.15, -0.1) is 0 Å². The van der Waals surface area contributed by atoms with Crippen LogP contribution in [-0.2, 0) is 6.42 Å². The lowest BCUT2D eigenvalue weighted by molar-refractivity contribution is 0.102. The van der Waals surface area contributed by atoms with Gasteiger partial charge < -0.3 is 10.6 Å². The Hall–Kier alpha value is -3.47. The van der Waals surface area contributed by atoms with E-state index in [4.69, 9.17) is 0 Å². The summed E-state index contributed by atoms with van der Waals surface area (Å²) in [6, 6.07) is 16.5. The Balaban J connectivity index is 1.78. The Kier molecular flexibility index (Phi) is 5.84. The standard InChI is InChI=1S/C23H23N3O2/c1-4-17-7-5-6-16(3)21(17)26-23(28)20-14-18(12-13-24-20)22(27)25-19-10-8-15(2)9-11-19/h5-14H,4H2,1-3H3,(H,25,27)(H,26,28). The number of rotatable bonds is 5. The Labute approximate surface area is 164 Å². The first kappa shape index (κ1) is 19.3. The van der Waals surface area contributed by atoms with E-state index in [1.165, 1.54) is 12.3 Å². The zero-order valence-electron chi connectivity index (χ0n) is 16.2. The number of aryl methyl sites for hydroxylation is 3. The molecule has 2 amide bonds. The van der Waals surface area contributed by atoms with Gasteiger partial charge in [0.1, 0.15) is 5.69 Å². The largest absolute Gasteiger partial charge is 0.322 e. The van der Waals surface area contributed by atoms with E-state index < -0.39 is 0 Å². The highest BCUT2D eigenvalue weighted by atomic mass is 16.2. The molecule has 0 atom stereocenters. The summed E-state index contributed by atoms with van der Waals surface area (Å²) in [5, 5.41) is 5.77. The number of hydrogen-bond acceptors (Lipinski definition) is 3. The Morgan fingerprint density at radius 2 is 1.68 bits per heavy atom. The van der Waals surface area contributed by atoms with Gasteiger partial charge in [-0.05, 0) is 55.7 Å². The van der Waals surface area contributed by atoms with Gasteiger partial charge in [-0.3, -0.25) is 14.6 Å². The van der Waals surface area contributed by atoms with Gasteiger partial charge in [0.05, 0.1) is 0 Å². The summed E-state index contributed by atoms with van der Waals surface area (Å²) in [6.07, 6.45) is 2.28. The van der Waals surface area contributed by atoms with Gasteiger partial charge in [0, 0.05) is 23.1 Å². The quantitative estimate of drug-likeness (QED) is 0.677. The number of anilines is 2. The molecule has 142 valence electrons. The molecule has 0 aliphatic carbocycles. The number of amides is 2. The minimum atomic E-state index is -0.339. The summed E-state index contributed by atoms with van der Waals surface area (Å²) in [5.74, 6) is -0.626. The summed E-state index contributed by atoms with van der Waals surface area (Å²) in [5.41, 5.74) is 5.23. The van der Waals surface area contributed by atoms with Crippen molar-refractivity contribution in [1.82, 2.24) is 4.98 Å². The van der Waals surface area contributed by atoms with Crippen LogP contribution in [0.5, 0.6) is 0 Å². The number of nitrogens with one attached hydrogen (secondary N) is 2. The van der Waals surface area contributed by atoms with E-state index in [9.17, 15) is 9.59 Å². The van der Waals surface area contributed by atoms with E-state index in [-0.39, 0.29) is 17.5 Å². The van der Waals surface area contributed by atoms with Crippen molar-refractivity contribution < 1.29 is 9.59 Å². The molecule has 0 saturated carbocycles. The van der Waals surface area contributed by atoms with E-state index in [0.29, 0.717) is 11.3 Å². The van der Waals surface area contributed by atoms with Crippen LogP contribution in [0.15, 0.2) is 60.8 Å². The average molecular weight is 373 g/mol. The van der Waals surface area contributed by atoms with Crippen LogP contribution in [0.1, 0.15) is 44.5 Å². The molecule has 3 aromatic rings. The maximum Gasteiger partial charge on any atom is 0.274 e. The molecule has 5 heteroatoms. The molecule has 0 unspecified atom stereocenters. The second kappa shape index (κ2) is 8.48. The van der Waals surface area contributed by atoms with Crippen LogP contribution < -0.4 is 10.6 Å². The molecule has 3 rings (SSSR count). The monoisotopic (exact) mass is 373 g/mol. The zero-order valence-corrected chi connectivity index (χ0v) is 16.2. The molecule has 0 radical (unpaired) electrons. The topological polar surface area (TPSA) is 71.1 Å². The third-order valence-corrected chi connectivity index (χ3v) is 4.54. The van der Waals surface area contributed by atoms with Gasteiger partial charge in [-0.25, -0.2) is 0 Å². The smallest absolute Gasteiger partial charge is 0.274 e. The van der Waals surface area contributed by atoms with E-state index >= 15 is 0 Å². The molecule has 0 aliphatic heterocycles. The van der Waals surface area contributed by atoms with E-state index in [1.54, 1.807) is 6.07 Å². The number of carbonyl (C=O) groups is 2. The summed E-state index contributed by atoms with van der Waals surface area (Å²) < 4.78 is 0. The molecule has 1 heterocycles. The molecule has 0 saturated heterocycles. The molecule has 28 heavy (non-hydrogen) atoms. The maximum atomic E-state index is 12.7. The molecule has 0 bridgehead atoms. The van der Waals surface area contributed by atoms with Crippen LogP contribution in [0.2, 0.25) is 0 Å². The first-order chi connectivity index (χ1) is 13.5. The van der Waals surface area contributed by atoms with Crippen molar-refractivity contribution in [3.63, 3.8) is 0 Å². The van der Waals surface area contributed by atoms with Crippen molar-refractivity contribution >= 4 is 23.2 Å². The second-order valence-corrected chi connectivity index (χ2v) is 6.67. The molecule has 0 aliphatic rings. The number of carbonyl (C=O) groups excluding carboxylic acids is 2. The first-order valence-corrected chi connectivity index (χ1v) is 9.22. The average Bonchev–Trinajstić information content (AvgIpc) is 2.71. The van der Waals surface area contributed by atoms with Crippen LogP contribution in [-0.4, -0.2) is 16.8 Å². The molecular weight excluding hydrogens is 350 g/mol. The predicted molar refractivity (Wildman–Crippen MR) is 112 cm³/mol. The maximum absolute atomic E-state index is 12.7. The molecular formula is C23H23N3O2. The molecule has 0 spiro atoms. The lowest BCUT2D eigenvalue weighted by atomic mass is 10.1. The Morgan fingerprint density at radius 1 is 0.929 bits per heavy atom. The predicted octanol–water partition coefficient (Wildman–Crippen LogP) is 4.77. The highest BCUT2D eigenvalue weighted by Crippen LogP contribution is 2.22. The number of nitrogens with zero attached hydrogens (tertiary/aromatic N) is 1. The van der Waals surface area contributed by atoms with Crippen LogP contribution in [0, 0.1) is 13.8 Å². The fourth-order valence-corrected chi connectivity index (χ4v) is 2.92. The van der Waals surface area contributed by atoms with Crippen LogP contribution in [0.4, 0.5) is 11.4 Å². The van der Waals surface area contributed by atoms with Crippen molar-refractivity contribution in [2.45, 2.75) is 27.2 Å². The second-order valence-electron chi connectivity index (χ2n) is 6.67. The van der Waals surface area contributed by atoms with E-state index in [2.05, 4.69) is 15.6 Å². The third-order valence-electron chi connectivity index (χ3n) is 4.54. The molecule has 0 fully saturated rings. The van der Waals surface area contributed by atoms with Gasteiger partial charge in [0.25, 0.3) is 11.8 Å². The summed E-state index contributed by atoms with van der Waals surface area (Å²) in [7, 11) is 0. The van der Waals surface area contributed by atoms with E-state index in [0.717, 1.165) is 28.8 Å². The number of benzene rings is 2. The number of hydrogen-bond donors (Lipinski definition) is 2. The van der Waals surface area contributed by atoms with Gasteiger partial charge in [0.15, 0.2) is 0 Å². The van der Waals surface area contributed by atoms with Crippen molar-refractivity contribution in [2.75, 3.05) is 10.6 Å².